The normalized spacial score (nSPS) is 15.7. The van der Waals surface area contributed by atoms with E-state index in [1.807, 2.05) is 30.9 Å². The molecule has 1 aliphatic rings. The van der Waals surface area contributed by atoms with Gasteiger partial charge in [-0.05, 0) is 38.8 Å². The maximum atomic E-state index is 12.4. The molecule has 25 heavy (non-hydrogen) atoms. The van der Waals surface area contributed by atoms with Crippen molar-refractivity contribution in [3.05, 3.63) is 29.3 Å². The molecule has 3 rings (SSSR count). The summed E-state index contributed by atoms with van der Waals surface area (Å²) in [5.74, 6) is 1.03. The third-order valence-electron chi connectivity index (χ3n) is 4.40. The first-order valence-corrected chi connectivity index (χ1v) is 9.93. The molecular weight excluding hydrogens is 334 g/mol. The quantitative estimate of drug-likeness (QED) is 0.764. The van der Waals surface area contributed by atoms with Crippen LogP contribution in [-0.2, 0) is 4.79 Å². The van der Waals surface area contributed by atoms with E-state index in [1.54, 1.807) is 0 Å². The Labute approximate surface area is 153 Å². The van der Waals surface area contributed by atoms with Crippen molar-refractivity contribution >= 4 is 17.7 Å². The summed E-state index contributed by atoms with van der Waals surface area (Å²) in [6.45, 7) is 5.84. The fraction of sp³-hybridized carbons (Fsp3) is 0.526. The molecule has 1 aliphatic heterocycles. The van der Waals surface area contributed by atoms with Crippen molar-refractivity contribution < 1.29 is 9.21 Å². The van der Waals surface area contributed by atoms with Gasteiger partial charge < -0.3 is 9.32 Å². The van der Waals surface area contributed by atoms with Crippen molar-refractivity contribution in [2.75, 3.05) is 18.8 Å². The summed E-state index contributed by atoms with van der Waals surface area (Å²) in [7, 11) is 0. The average Bonchev–Trinajstić information content (AvgIpc) is 3.00. The van der Waals surface area contributed by atoms with Crippen molar-refractivity contribution in [1.29, 1.82) is 0 Å². The maximum absolute atomic E-state index is 12.4. The van der Waals surface area contributed by atoms with E-state index >= 15 is 0 Å². The van der Waals surface area contributed by atoms with Crippen LogP contribution in [0, 0.1) is 13.8 Å². The molecule has 2 heterocycles. The van der Waals surface area contributed by atoms with Gasteiger partial charge in [0.15, 0.2) is 0 Å². The minimum absolute atomic E-state index is 0.165. The summed E-state index contributed by atoms with van der Waals surface area (Å²) in [6.07, 6.45) is 5.95. The summed E-state index contributed by atoms with van der Waals surface area (Å²) in [4.78, 5) is 14.4. The monoisotopic (exact) mass is 359 g/mol. The summed E-state index contributed by atoms with van der Waals surface area (Å²) in [6, 6.07) is 6.16. The zero-order valence-corrected chi connectivity index (χ0v) is 15.8. The second kappa shape index (κ2) is 8.52. The van der Waals surface area contributed by atoms with Gasteiger partial charge in [-0.3, -0.25) is 4.79 Å². The molecule has 0 bridgehead atoms. The van der Waals surface area contributed by atoms with Crippen LogP contribution in [0.5, 0.6) is 0 Å². The van der Waals surface area contributed by atoms with Gasteiger partial charge in [-0.25, -0.2) is 0 Å². The van der Waals surface area contributed by atoms with Gasteiger partial charge in [0.2, 0.25) is 11.8 Å². The molecule has 2 aromatic rings. The highest BCUT2D eigenvalue weighted by molar-refractivity contribution is 7.99. The molecule has 0 atom stereocenters. The van der Waals surface area contributed by atoms with Crippen LogP contribution < -0.4 is 0 Å². The molecule has 5 nitrogen and oxygen atoms in total. The SMILES string of the molecule is Cc1cc(C)cc(-c2nnc(SCC(=O)N3CCCCCCC3)o2)c1. The number of amides is 1. The molecule has 0 saturated carbocycles. The second-order valence-corrected chi connectivity index (χ2v) is 7.61. The van der Waals surface area contributed by atoms with E-state index in [9.17, 15) is 4.79 Å². The van der Waals surface area contributed by atoms with Crippen molar-refractivity contribution in [3.8, 4) is 11.5 Å². The molecule has 1 aromatic heterocycles. The number of benzene rings is 1. The Morgan fingerprint density at radius 3 is 2.36 bits per heavy atom. The lowest BCUT2D eigenvalue weighted by molar-refractivity contribution is -0.128. The molecule has 0 radical (unpaired) electrons. The predicted molar refractivity (Wildman–Crippen MR) is 99.6 cm³/mol. The lowest BCUT2D eigenvalue weighted by atomic mass is 10.1. The van der Waals surface area contributed by atoms with Crippen LogP contribution in [0.3, 0.4) is 0 Å². The van der Waals surface area contributed by atoms with Gasteiger partial charge in [0.25, 0.3) is 5.22 Å². The summed E-state index contributed by atoms with van der Waals surface area (Å²) in [5.41, 5.74) is 3.25. The van der Waals surface area contributed by atoms with Gasteiger partial charge in [-0.1, -0.05) is 48.2 Å². The van der Waals surface area contributed by atoms with Crippen molar-refractivity contribution in [2.24, 2.45) is 0 Å². The summed E-state index contributed by atoms with van der Waals surface area (Å²) < 4.78 is 5.73. The first kappa shape index (κ1) is 18.0. The average molecular weight is 359 g/mol. The van der Waals surface area contributed by atoms with E-state index in [4.69, 9.17) is 4.42 Å². The Kier molecular flexibility index (Phi) is 6.13. The molecule has 6 heteroatoms. The Bertz CT molecular complexity index is 701. The Morgan fingerprint density at radius 1 is 1.04 bits per heavy atom. The van der Waals surface area contributed by atoms with Crippen molar-refractivity contribution in [2.45, 2.75) is 51.2 Å². The smallest absolute Gasteiger partial charge is 0.277 e. The van der Waals surface area contributed by atoms with Gasteiger partial charge in [0, 0.05) is 18.7 Å². The number of rotatable bonds is 4. The molecule has 134 valence electrons. The highest BCUT2D eigenvalue weighted by Crippen LogP contribution is 2.25. The third-order valence-corrected chi connectivity index (χ3v) is 5.21. The van der Waals surface area contributed by atoms with Crippen LogP contribution in [0.25, 0.3) is 11.5 Å². The van der Waals surface area contributed by atoms with E-state index in [2.05, 4.69) is 16.3 Å². The molecule has 1 amide bonds. The van der Waals surface area contributed by atoms with Crippen LogP contribution in [0.15, 0.2) is 27.8 Å². The number of likely N-dealkylation sites (tertiary alicyclic amines) is 1. The maximum Gasteiger partial charge on any atom is 0.277 e. The number of hydrogen-bond donors (Lipinski definition) is 0. The molecular formula is C19H25N3O2S. The number of aryl methyl sites for hydroxylation is 2. The van der Waals surface area contributed by atoms with Crippen LogP contribution in [-0.4, -0.2) is 39.8 Å². The van der Waals surface area contributed by atoms with E-state index in [1.165, 1.54) is 31.0 Å². The largest absolute Gasteiger partial charge is 0.411 e. The summed E-state index contributed by atoms with van der Waals surface area (Å²) in [5, 5.41) is 8.66. The molecule has 1 saturated heterocycles. The lowest BCUT2D eigenvalue weighted by Crippen LogP contribution is -2.35. The molecule has 1 fully saturated rings. The number of carbonyl (C=O) groups is 1. The Morgan fingerprint density at radius 2 is 1.68 bits per heavy atom. The zero-order chi connectivity index (χ0) is 17.6. The fourth-order valence-electron chi connectivity index (χ4n) is 3.19. The first-order chi connectivity index (χ1) is 12.1. The van der Waals surface area contributed by atoms with Crippen molar-refractivity contribution in [1.82, 2.24) is 15.1 Å². The number of carbonyl (C=O) groups excluding carboxylic acids is 1. The second-order valence-electron chi connectivity index (χ2n) is 6.69. The van der Waals surface area contributed by atoms with Gasteiger partial charge in [0.05, 0.1) is 5.75 Å². The number of thioether (sulfide) groups is 1. The zero-order valence-electron chi connectivity index (χ0n) is 15.0. The minimum Gasteiger partial charge on any atom is -0.411 e. The van der Waals surface area contributed by atoms with Crippen molar-refractivity contribution in [3.63, 3.8) is 0 Å². The third kappa shape index (κ3) is 5.08. The minimum atomic E-state index is 0.165. The lowest BCUT2D eigenvalue weighted by Gasteiger charge is -2.24. The van der Waals surface area contributed by atoms with E-state index in [0.717, 1.165) is 42.6 Å². The molecule has 0 aliphatic carbocycles. The van der Waals surface area contributed by atoms with Gasteiger partial charge >= 0.3 is 0 Å². The van der Waals surface area contributed by atoms with Gasteiger partial charge in [0.1, 0.15) is 0 Å². The predicted octanol–water partition coefficient (Wildman–Crippen LogP) is 4.24. The molecule has 0 unspecified atom stereocenters. The number of nitrogens with zero attached hydrogens (tertiary/aromatic N) is 3. The van der Waals surface area contributed by atoms with Crippen LogP contribution in [0.1, 0.15) is 43.2 Å². The first-order valence-electron chi connectivity index (χ1n) is 8.94. The molecule has 0 spiro atoms. The van der Waals surface area contributed by atoms with E-state index in [-0.39, 0.29) is 5.91 Å². The van der Waals surface area contributed by atoms with E-state index in [0.29, 0.717) is 16.9 Å². The Hall–Kier alpha value is -1.82. The molecule has 1 aromatic carbocycles. The number of aromatic nitrogens is 2. The topological polar surface area (TPSA) is 59.2 Å². The Balaban J connectivity index is 1.58. The number of hydrogen-bond acceptors (Lipinski definition) is 5. The standard InChI is InChI=1S/C19H25N3O2S/c1-14-10-15(2)12-16(11-14)18-20-21-19(24-18)25-13-17(23)22-8-6-4-3-5-7-9-22/h10-12H,3-9,13H2,1-2H3. The van der Waals surface area contributed by atoms with Crippen LogP contribution >= 0.6 is 11.8 Å². The fourth-order valence-corrected chi connectivity index (χ4v) is 3.86. The van der Waals surface area contributed by atoms with Gasteiger partial charge in [-0.15, -0.1) is 10.2 Å². The van der Waals surface area contributed by atoms with Crippen LogP contribution in [0.2, 0.25) is 0 Å². The molecule has 0 N–H and O–H groups in total. The summed E-state index contributed by atoms with van der Waals surface area (Å²) >= 11 is 1.33. The highest BCUT2D eigenvalue weighted by atomic mass is 32.2. The highest BCUT2D eigenvalue weighted by Gasteiger charge is 2.17. The van der Waals surface area contributed by atoms with Crippen LogP contribution in [0.4, 0.5) is 0 Å². The van der Waals surface area contributed by atoms with Gasteiger partial charge in [-0.2, -0.15) is 0 Å². The van der Waals surface area contributed by atoms with E-state index < -0.39 is 0 Å².